The van der Waals surface area contributed by atoms with Crippen LogP contribution in [0, 0.1) is 0 Å². The Kier molecular flexibility index (Phi) is 2.80. The summed E-state index contributed by atoms with van der Waals surface area (Å²) in [6.45, 7) is 0. The number of ether oxygens (including phenoxy) is 1. The molecule has 1 aromatic heterocycles. The second-order valence-corrected chi connectivity index (χ2v) is 4.51. The molecule has 0 atom stereocenters. The van der Waals surface area contributed by atoms with Gasteiger partial charge in [-0.15, -0.1) is 0 Å². The number of para-hydroxylation sites is 1. The minimum absolute atomic E-state index is 0.226. The van der Waals surface area contributed by atoms with E-state index in [1.807, 2.05) is 30.3 Å². The van der Waals surface area contributed by atoms with Gasteiger partial charge in [-0.25, -0.2) is 4.79 Å². The highest BCUT2D eigenvalue weighted by molar-refractivity contribution is 6.34. The highest BCUT2D eigenvalue weighted by Crippen LogP contribution is 2.23. The third-order valence-corrected chi connectivity index (χ3v) is 3.29. The summed E-state index contributed by atoms with van der Waals surface area (Å²) < 4.78 is 6.75. The van der Waals surface area contributed by atoms with E-state index < -0.39 is 0 Å². The zero-order valence-electron chi connectivity index (χ0n) is 10.2. The second kappa shape index (κ2) is 4.48. The van der Waals surface area contributed by atoms with Gasteiger partial charge in [-0.05, 0) is 24.3 Å². The Morgan fingerprint density at radius 3 is 2.79 bits per heavy atom. The number of fused-ring (bicyclic) bond motifs is 1. The molecule has 19 heavy (non-hydrogen) atoms. The summed E-state index contributed by atoms with van der Waals surface area (Å²) in [5.74, 6) is 0.695. The highest BCUT2D eigenvalue weighted by atomic mass is 35.5. The molecule has 96 valence electrons. The molecule has 0 saturated heterocycles. The van der Waals surface area contributed by atoms with E-state index in [2.05, 4.69) is 4.98 Å². The van der Waals surface area contributed by atoms with Gasteiger partial charge in [0, 0.05) is 6.07 Å². The number of rotatable bonds is 2. The van der Waals surface area contributed by atoms with Gasteiger partial charge in [-0.1, -0.05) is 23.7 Å². The molecule has 1 heterocycles. The molecule has 0 aliphatic carbocycles. The normalized spacial score (nSPS) is 10.8. The highest BCUT2D eigenvalue weighted by Gasteiger charge is 2.11. The topological polar surface area (TPSA) is 47.0 Å². The molecule has 0 amide bonds. The van der Waals surface area contributed by atoms with Crippen LogP contribution in [0.4, 0.5) is 0 Å². The summed E-state index contributed by atoms with van der Waals surface area (Å²) in [5.41, 5.74) is 1.89. The maximum Gasteiger partial charge on any atom is 0.331 e. The van der Waals surface area contributed by atoms with E-state index in [1.54, 1.807) is 23.8 Å². The van der Waals surface area contributed by atoms with Crippen molar-refractivity contribution in [2.45, 2.75) is 0 Å². The number of halogens is 1. The van der Waals surface area contributed by atoms with Gasteiger partial charge in [0.05, 0.1) is 28.9 Å². The fraction of sp³-hybridized carbons (Fsp3) is 0.0714. The molecule has 3 aromatic rings. The van der Waals surface area contributed by atoms with Crippen molar-refractivity contribution in [2.24, 2.45) is 0 Å². The average molecular weight is 275 g/mol. The van der Waals surface area contributed by atoms with Crippen LogP contribution in [0.3, 0.4) is 0 Å². The Balaban J connectivity index is 2.33. The van der Waals surface area contributed by atoms with E-state index in [0.717, 1.165) is 11.2 Å². The second-order valence-electron chi connectivity index (χ2n) is 4.10. The van der Waals surface area contributed by atoms with Gasteiger partial charge in [0.25, 0.3) is 0 Å². The molecule has 0 radical (unpaired) electrons. The number of methoxy groups -OCH3 is 1. The maximum atomic E-state index is 12.1. The van der Waals surface area contributed by atoms with E-state index >= 15 is 0 Å². The van der Waals surface area contributed by atoms with Crippen molar-refractivity contribution in [2.75, 3.05) is 7.11 Å². The van der Waals surface area contributed by atoms with Crippen molar-refractivity contribution in [3.8, 4) is 11.4 Å². The van der Waals surface area contributed by atoms with Gasteiger partial charge in [0.15, 0.2) is 0 Å². The van der Waals surface area contributed by atoms with Crippen LogP contribution in [-0.4, -0.2) is 16.7 Å². The predicted octanol–water partition coefficient (Wildman–Crippen LogP) is 2.98. The van der Waals surface area contributed by atoms with Crippen molar-refractivity contribution >= 4 is 22.6 Å². The van der Waals surface area contributed by atoms with E-state index in [4.69, 9.17) is 16.3 Å². The van der Waals surface area contributed by atoms with E-state index in [9.17, 15) is 4.79 Å². The van der Waals surface area contributed by atoms with Gasteiger partial charge in [0.2, 0.25) is 0 Å². The number of aromatic amines is 1. The summed E-state index contributed by atoms with van der Waals surface area (Å²) in [7, 11) is 1.59. The lowest BCUT2D eigenvalue weighted by Crippen LogP contribution is -2.14. The Labute approximate surface area is 114 Å². The molecule has 5 heteroatoms. The van der Waals surface area contributed by atoms with E-state index in [1.165, 1.54) is 0 Å². The molecule has 0 aliphatic heterocycles. The van der Waals surface area contributed by atoms with Crippen LogP contribution in [-0.2, 0) is 0 Å². The van der Waals surface area contributed by atoms with E-state index in [0.29, 0.717) is 16.3 Å². The molecule has 0 fully saturated rings. The SMILES string of the molecule is COc1cccc(-n2c(=O)[nH]c3c(Cl)cccc32)c1. The van der Waals surface area contributed by atoms with Crippen molar-refractivity contribution in [1.29, 1.82) is 0 Å². The Bertz CT molecular complexity index is 805. The van der Waals surface area contributed by atoms with Crippen LogP contribution < -0.4 is 10.4 Å². The number of imidazole rings is 1. The lowest BCUT2D eigenvalue weighted by molar-refractivity contribution is 0.414. The van der Waals surface area contributed by atoms with Crippen molar-refractivity contribution in [3.63, 3.8) is 0 Å². The minimum atomic E-state index is -0.226. The first-order valence-electron chi connectivity index (χ1n) is 5.74. The maximum absolute atomic E-state index is 12.1. The number of hydrogen-bond donors (Lipinski definition) is 1. The Morgan fingerprint density at radius 1 is 1.21 bits per heavy atom. The first-order valence-corrected chi connectivity index (χ1v) is 6.12. The number of nitrogens with one attached hydrogen (secondary N) is 1. The van der Waals surface area contributed by atoms with Gasteiger partial charge in [-0.3, -0.25) is 4.57 Å². The first kappa shape index (κ1) is 11.9. The number of benzene rings is 2. The largest absolute Gasteiger partial charge is 0.497 e. The first-order chi connectivity index (χ1) is 9.20. The standard InChI is InChI=1S/C14H11ClN2O2/c1-19-10-5-2-4-9(8-10)17-12-7-3-6-11(15)13(12)16-14(17)18/h2-8H,1H3,(H,16,18). The molecule has 0 aliphatic rings. The molecule has 0 saturated carbocycles. The lowest BCUT2D eigenvalue weighted by Gasteiger charge is -2.05. The summed E-state index contributed by atoms with van der Waals surface area (Å²) >= 11 is 6.08. The van der Waals surface area contributed by atoms with Gasteiger partial charge in [-0.2, -0.15) is 0 Å². The molecular weight excluding hydrogens is 264 g/mol. The number of H-pyrrole nitrogens is 1. The average Bonchev–Trinajstić information content (AvgIpc) is 2.77. The molecule has 4 nitrogen and oxygen atoms in total. The molecule has 1 N–H and O–H groups in total. The number of hydrogen-bond acceptors (Lipinski definition) is 2. The van der Waals surface area contributed by atoms with Gasteiger partial charge in [0.1, 0.15) is 5.75 Å². The summed E-state index contributed by atoms with van der Waals surface area (Å²) in [4.78, 5) is 14.9. The van der Waals surface area contributed by atoms with Crippen LogP contribution in [0.15, 0.2) is 47.3 Å². The monoisotopic (exact) mass is 274 g/mol. The molecule has 3 rings (SSSR count). The number of aromatic nitrogens is 2. The van der Waals surface area contributed by atoms with Crippen LogP contribution in [0.1, 0.15) is 0 Å². The minimum Gasteiger partial charge on any atom is -0.497 e. The fourth-order valence-corrected chi connectivity index (χ4v) is 2.32. The third-order valence-electron chi connectivity index (χ3n) is 2.98. The third kappa shape index (κ3) is 1.90. The van der Waals surface area contributed by atoms with Crippen LogP contribution in [0.2, 0.25) is 5.02 Å². The van der Waals surface area contributed by atoms with Gasteiger partial charge < -0.3 is 9.72 Å². The Hall–Kier alpha value is -2.20. The van der Waals surface area contributed by atoms with E-state index in [-0.39, 0.29) is 5.69 Å². The summed E-state index contributed by atoms with van der Waals surface area (Å²) in [6, 6.07) is 12.7. The Morgan fingerprint density at radius 2 is 2.00 bits per heavy atom. The quantitative estimate of drug-likeness (QED) is 0.781. The molecule has 2 aromatic carbocycles. The summed E-state index contributed by atoms with van der Waals surface area (Å²) in [5, 5.41) is 0.524. The molecule has 0 spiro atoms. The van der Waals surface area contributed by atoms with Crippen LogP contribution in [0.25, 0.3) is 16.7 Å². The van der Waals surface area contributed by atoms with Crippen LogP contribution in [0.5, 0.6) is 5.75 Å². The molecular formula is C14H11ClN2O2. The number of nitrogens with zero attached hydrogens (tertiary/aromatic N) is 1. The fourth-order valence-electron chi connectivity index (χ4n) is 2.10. The smallest absolute Gasteiger partial charge is 0.331 e. The zero-order valence-corrected chi connectivity index (χ0v) is 10.9. The zero-order chi connectivity index (χ0) is 13.4. The van der Waals surface area contributed by atoms with Crippen molar-refractivity contribution < 1.29 is 4.74 Å². The van der Waals surface area contributed by atoms with Crippen LogP contribution >= 0.6 is 11.6 Å². The van der Waals surface area contributed by atoms with Crippen molar-refractivity contribution in [3.05, 3.63) is 58.0 Å². The predicted molar refractivity (Wildman–Crippen MR) is 75.5 cm³/mol. The summed E-state index contributed by atoms with van der Waals surface area (Å²) in [6.07, 6.45) is 0. The molecule has 0 bridgehead atoms. The molecule has 0 unspecified atom stereocenters. The van der Waals surface area contributed by atoms with Crippen molar-refractivity contribution in [1.82, 2.24) is 9.55 Å². The lowest BCUT2D eigenvalue weighted by atomic mass is 10.2. The van der Waals surface area contributed by atoms with Gasteiger partial charge >= 0.3 is 5.69 Å².